The highest BCUT2D eigenvalue weighted by molar-refractivity contribution is 7.88. The number of nitrogens with zero attached hydrogens (tertiary/aromatic N) is 1. The predicted molar refractivity (Wildman–Crippen MR) is 70.4 cm³/mol. The van der Waals surface area contributed by atoms with Gasteiger partial charge in [-0.2, -0.15) is 4.31 Å². The lowest BCUT2D eigenvalue weighted by atomic mass is 10.1. The first-order valence-electron chi connectivity index (χ1n) is 6.11. The molecule has 0 amide bonds. The third-order valence-electron chi connectivity index (χ3n) is 3.17. The topological polar surface area (TPSA) is 46.6 Å². The van der Waals surface area contributed by atoms with Crippen LogP contribution < -0.4 is 0 Å². The third kappa shape index (κ3) is 2.96. The molecule has 0 saturated carbocycles. The molecule has 19 heavy (non-hydrogen) atoms. The van der Waals surface area contributed by atoms with Gasteiger partial charge in [0, 0.05) is 0 Å². The summed E-state index contributed by atoms with van der Waals surface area (Å²) in [6, 6.07) is 5.50. The number of sulfonamides is 1. The van der Waals surface area contributed by atoms with Crippen molar-refractivity contribution in [2.24, 2.45) is 0 Å². The van der Waals surface area contributed by atoms with Crippen molar-refractivity contribution in [1.82, 2.24) is 4.31 Å². The van der Waals surface area contributed by atoms with Crippen LogP contribution in [0.2, 0.25) is 0 Å². The molecular weight excluding hydrogens is 269 g/mol. The van der Waals surface area contributed by atoms with Gasteiger partial charge in [-0.25, -0.2) is 12.8 Å². The van der Waals surface area contributed by atoms with Crippen molar-refractivity contribution < 1.29 is 17.5 Å². The molecule has 1 atom stereocenters. The minimum absolute atomic E-state index is 0.148. The van der Waals surface area contributed by atoms with Gasteiger partial charge in [-0.05, 0) is 38.5 Å². The Morgan fingerprint density at radius 3 is 2.42 bits per heavy atom. The molecule has 1 saturated heterocycles. The Bertz CT molecular complexity index is 554. The van der Waals surface area contributed by atoms with Crippen molar-refractivity contribution in [3.63, 3.8) is 0 Å². The maximum atomic E-state index is 12.8. The van der Waals surface area contributed by atoms with Gasteiger partial charge in [0.15, 0.2) is 0 Å². The molecule has 1 aliphatic heterocycles. The Morgan fingerprint density at radius 2 is 1.95 bits per heavy atom. The molecule has 1 heterocycles. The molecule has 1 unspecified atom stereocenters. The van der Waals surface area contributed by atoms with E-state index in [0.717, 1.165) is 0 Å². The summed E-state index contributed by atoms with van der Waals surface area (Å²) in [5.74, 6) is -0.524. The standard InChI is InChI=1S/C13H18FNO3S/c1-10-15(13(2,3)9-18-10)19(16,17)8-11-4-6-12(14)7-5-11/h4-7,10H,8-9H2,1-3H3. The minimum Gasteiger partial charge on any atom is -0.360 e. The van der Waals surface area contributed by atoms with Gasteiger partial charge in [-0.15, -0.1) is 0 Å². The van der Waals surface area contributed by atoms with E-state index in [1.165, 1.54) is 28.6 Å². The second kappa shape index (κ2) is 4.85. The Labute approximate surface area is 113 Å². The first-order valence-corrected chi connectivity index (χ1v) is 7.71. The largest absolute Gasteiger partial charge is 0.360 e. The second-order valence-electron chi connectivity index (χ2n) is 5.40. The Kier molecular flexibility index (Phi) is 3.68. The lowest BCUT2D eigenvalue weighted by Crippen LogP contribution is -2.47. The van der Waals surface area contributed by atoms with E-state index in [0.29, 0.717) is 12.2 Å². The third-order valence-corrected chi connectivity index (χ3v) is 5.26. The predicted octanol–water partition coefficient (Wildman–Crippen LogP) is 2.11. The molecule has 0 aromatic heterocycles. The van der Waals surface area contributed by atoms with Crippen LogP contribution in [0, 0.1) is 5.82 Å². The molecule has 0 spiro atoms. The fourth-order valence-corrected chi connectivity index (χ4v) is 4.48. The highest BCUT2D eigenvalue weighted by Gasteiger charge is 2.45. The van der Waals surface area contributed by atoms with Crippen LogP contribution in [0.3, 0.4) is 0 Å². The van der Waals surface area contributed by atoms with E-state index in [1.54, 1.807) is 6.92 Å². The zero-order valence-corrected chi connectivity index (χ0v) is 12.1. The number of halogens is 1. The molecular formula is C13H18FNO3S. The molecule has 0 N–H and O–H groups in total. The molecule has 1 aliphatic rings. The smallest absolute Gasteiger partial charge is 0.221 e. The van der Waals surface area contributed by atoms with Crippen molar-refractivity contribution in [2.45, 2.75) is 38.3 Å². The van der Waals surface area contributed by atoms with E-state index < -0.39 is 21.8 Å². The quantitative estimate of drug-likeness (QED) is 0.855. The van der Waals surface area contributed by atoms with Crippen LogP contribution in [0.4, 0.5) is 4.39 Å². The fraction of sp³-hybridized carbons (Fsp3) is 0.538. The summed E-state index contributed by atoms with van der Waals surface area (Å²) >= 11 is 0. The summed E-state index contributed by atoms with van der Waals surface area (Å²) in [5.41, 5.74) is 0.00876. The van der Waals surface area contributed by atoms with Gasteiger partial charge in [0.2, 0.25) is 10.0 Å². The zero-order valence-electron chi connectivity index (χ0n) is 11.3. The van der Waals surface area contributed by atoms with Crippen LogP contribution in [0.25, 0.3) is 0 Å². The van der Waals surface area contributed by atoms with Crippen LogP contribution >= 0.6 is 0 Å². The van der Waals surface area contributed by atoms with Crippen LogP contribution in [0.5, 0.6) is 0 Å². The van der Waals surface area contributed by atoms with Crippen molar-refractivity contribution in [2.75, 3.05) is 6.61 Å². The monoisotopic (exact) mass is 287 g/mol. The summed E-state index contributed by atoms with van der Waals surface area (Å²) in [7, 11) is -3.50. The SMILES string of the molecule is CC1OCC(C)(C)N1S(=O)(=O)Cc1ccc(F)cc1. The van der Waals surface area contributed by atoms with Crippen LogP contribution in [-0.4, -0.2) is 31.1 Å². The summed E-state index contributed by atoms with van der Waals surface area (Å²) < 4.78 is 44.6. The van der Waals surface area contributed by atoms with Crippen molar-refractivity contribution in [1.29, 1.82) is 0 Å². The Hall–Kier alpha value is -0.980. The highest BCUT2D eigenvalue weighted by atomic mass is 32.2. The Balaban J connectivity index is 2.25. The highest BCUT2D eigenvalue weighted by Crippen LogP contribution is 2.31. The van der Waals surface area contributed by atoms with Crippen LogP contribution in [0.15, 0.2) is 24.3 Å². The normalized spacial score (nSPS) is 23.7. The molecule has 1 aromatic rings. The van der Waals surface area contributed by atoms with Crippen molar-refractivity contribution >= 4 is 10.0 Å². The van der Waals surface area contributed by atoms with Gasteiger partial charge in [0.05, 0.1) is 17.9 Å². The van der Waals surface area contributed by atoms with Gasteiger partial charge >= 0.3 is 0 Å². The van der Waals surface area contributed by atoms with Gasteiger partial charge in [0.1, 0.15) is 12.0 Å². The van der Waals surface area contributed by atoms with E-state index in [-0.39, 0.29) is 11.6 Å². The fourth-order valence-electron chi connectivity index (χ4n) is 2.41. The number of rotatable bonds is 3. The van der Waals surface area contributed by atoms with Gasteiger partial charge < -0.3 is 4.74 Å². The van der Waals surface area contributed by atoms with Gasteiger partial charge in [0.25, 0.3) is 0 Å². The maximum absolute atomic E-state index is 12.8. The summed E-state index contributed by atoms with van der Waals surface area (Å²) in [6.07, 6.45) is -0.472. The average Bonchev–Trinajstić information content (AvgIpc) is 2.56. The van der Waals surface area contributed by atoms with E-state index >= 15 is 0 Å². The number of ether oxygens (including phenoxy) is 1. The lowest BCUT2D eigenvalue weighted by molar-refractivity contribution is 0.0843. The molecule has 1 fully saturated rings. The van der Waals surface area contributed by atoms with E-state index in [1.807, 2.05) is 13.8 Å². The Morgan fingerprint density at radius 1 is 1.37 bits per heavy atom. The van der Waals surface area contributed by atoms with Gasteiger partial charge in [-0.3, -0.25) is 0 Å². The van der Waals surface area contributed by atoms with Crippen LogP contribution in [0.1, 0.15) is 26.3 Å². The van der Waals surface area contributed by atoms with Gasteiger partial charge in [-0.1, -0.05) is 12.1 Å². The lowest BCUT2D eigenvalue weighted by Gasteiger charge is -2.30. The number of benzene rings is 1. The van der Waals surface area contributed by atoms with Crippen LogP contribution in [-0.2, 0) is 20.5 Å². The molecule has 106 valence electrons. The zero-order chi connectivity index (χ0) is 14.3. The summed E-state index contributed by atoms with van der Waals surface area (Å²) in [6.45, 7) is 5.76. The van der Waals surface area contributed by atoms with Crippen molar-refractivity contribution in [3.05, 3.63) is 35.6 Å². The van der Waals surface area contributed by atoms with E-state index in [2.05, 4.69) is 0 Å². The second-order valence-corrected chi connectivity index (χ2v) is 7.25. The first kappa shape index (κ1) is 14.4. The average molecular weight is 287 g/mol. The molecule has 0 aliphatic carbocycles. The van der Waals surface area contributed by atoms with E-state index in [4.69, 9.17) is 4.74 Å². The summed E-state index contributed by atoms with van der Waals surface area (Å²) in [5, 5.41) is 0. The molecule has 1 aromatic carbocycles. The first-order chi connectivity index (χ1) is 8.72. The van der Waals surface area contributed by atoms with Crippen molar-refractivity contribution in [3.8, 4) is 0 Å². The minimum atomic E-state index is -3.50. The summed E-state index contributed by atoms with van der Waals surface area (Å²) in [4.78, 5) is 0. The molecule has 4 nitrogen and oxygen atoms in total. The molecule has 0 bridgehead atoms. The van der Waals surface area contributed by atoms with E-state index in [9.17, 15) is 12.8 Å². The molecule has 6 heteroatoms. The molecule has 2 rings (SSSR count). The number of hydrogen-bond acceptors (Lipinski definition) is 3. The maximum Gasteiger partial charge on any atom is 0.221 e. The number of hydrogen-bond donors (Lipinski definition) is 0. The molecule has 0 radical (unpaired) electrons.